The quantitative estimate of drug-likeness (QED) is 0.841. The lowest BCUT2D eigenvalue weighted by Gasteiger charge is -2.35. The number of anilines is 1. The molecule has 0 aliphatic heterocycles. The number of aliphatic hydroxyl groups is 1. The Balaban J connectivity index is 1.54. The molecule has 0 unspecified atom stereocenters. The maximum Gasteiger partial charge on any atom is 0.227 e. The van der Waals surface area contributed by atoms with Gasteiger partial charge < -0.3 is 10.4 Å². The van der Waals surface area contributed by atoms with E-state index in [1.807, 2.05) is 6.07 Å². The zero-order valence-corrected chi connectivity index (χ0v) is 14.3. The van der Waals surface area contributed by atoms with Gasteiger partial charge in [0.25, 0.3) is 0 Å². The molecule has 0 radical (unpaired) electrons. The van der Waals surface area contributed by atoms with Crippen molar-refractivity contribution in [1.29, 1.82) is 0 Å². The number of hydrogen-bond acceptors (Lipinski definition) is 2. The zero-order chi connectivity index (χ0) is 17.0. The van der Waals surface area contributed by atoms with E-state index in [1.165, 1.54) is 5.56 Å². The SMILES string of the molecule is O=C(CC1(O)CCC(c2ccccc2)CC1)Nc1ccc(Cl)cc1. The summed E-state index contributed by atoms with van der Waals surface area (Å²) in [4.78, 5) is 12.2. The number of halogens is 1. The van der Waals surface area contributed by atoms with Gasteiger partial charge in [-0.3, -0.25) is 4.79 Å². The molecule has 0 aromatic heterocycles. The highest BCUT2D eigenvalue weighted by Gasteiger charge is 2.35. The molecule has 24 heavy (non-hydrogen) atoms. The lowest BCUT2D eigenvalue weighted by Crippen LogP contribution is -2.37. The van der Waals surface area contributed by atoms with E-state index in [0.29, 0.717) is 29.5 Å². The molecule has 4 heteroatoms. The number of amides is 1. The summed E-state index contributed by atoms with van der Waals surface area (Å²) in [6.45, 7) is 0. The van der Waals surface area contributed by atoms with Gasteiger partial charge in [0.1, 0.15) is 0 Å². The van der Waals surface area contributed by atoms with Crippen molar-refractivity contribution in [2.45, 2.75) is 43.6 Å². The molecule has 2 aromatic rings. The van der Waals surface area contributed by atoms with Crippen LogP contribution >= 0.6 is 11.6 Å². The lowest BCUT2D eigenvalue weighted by molar-refractivity contribution is -0.122. The molecule has 0 bridgehead atoms. The largest absolute Gasteiger partial charge is 0.389 e. The smallest absolute Gasteiger partial charge is 0.227 e. The maximum atomic E-state index is 12.2. The summed E-state index contributed by atoms with van der Waals surface area (Å²) in [6, 6.07) is 17.4. The van der Waals surface area contributed by atoms with Crippen LogP contribution in [0.1, 0.15) is 43.6 Å². The van der Waals surface area contributed by atoms with Gasteiger partial charge in [0.15, 0.2) is 0 Å². The van der Waals surface area contributed by atoms with Gasteiger partial charge in [-0.25, -0.2) is 0 Å². The summed E-state index contributed by atoms with van der Waals surface area (Å²) in [6.07, 6.45) is 3.27. The zero-order valence-electron chi connectivity index (χ0n) is 13.5. The van der Waals surface area contributed by atoms with Crippen LogP contribution in [-0.4, -0.2) is 16.6 Å². The highest BCUT2D eigenvalue weighted by molar-refractivity contribution is 6.30. The number of carbonyl (C=O) groups excluding carboxylic acids is 1. The van der Waals surface area contributed by atoms with Crippen molar-refractivity contribution in [2.75, 3.05) is 5.32 Å². The average molecular weight is 344 g/mol. The van der Waals surface area contributed by atoms with Crippen molar-refractivity contribution < 1.29 is 9.90 Å². The third-order valence-electron chi connectivity index (χ3n) is 4.80. The minimum atomic E-state index is -0.901. The summed E-state index contributed by atoms with van der Waals surface area (Å²) >= 11 is 5.84. The van der Waals surface area contributed by atoms with Gasteiger partial charge in [-0.1, -0.05) is 41.9 Å². The molecular weight excluding hydrogens is 322 g/mol. The van der Waals surface area contributed by atoms with Crippen LogP contribution in [0.4, 0.5) is 5.69 Å². The first kappa shape index (κ1) is 17.0. The molecule has 3 nitrogen and oxygen atoms in total. The van der Waals surface area contributed by atoms with Crippen molar-refractivity contribution >= 4 is 23.2 Å². The lowest BCUT2D eigenvalue weighted by atomic mass is 9.74. The fraction of sp³-hybridized carbons (Fsp3) is 0.350. The second kappa shape index (κ2) is 7.37. The number of rotatable bonds is 4. The van der Waals surface area contributed by atoms with E-state index < -0.39 is 5.60 Å². The third-order valence-corrected chi connectivity index (χ3v) is 5.06. The van der Waals surface area contributed by atoms with E-state index in [0.717, 1.165) is 12.8 Å². The topological polar surface area (TPSA) is 49.3 Å². The van der Waals surface area contributed by atoms with Crippen molar-refractivity contribution in [3.8, 4) is 0 Å². The van der Waals surface area contributed by atoms with Crippen molar-refractivity contribution in [3.63, 3.8) is 0 Å². The molecule has 0 atom stereocenters. The van der Waals surface area contributed by atoms with Crippen molar-refractivity contribution in [3.05, 3.63) is 65.2 Å². The molecule has 1 saturated carbocycles. The minimum absolute atomic E-state index is 0.136. The molecule has 1 aliphatic carbocycles. The van der Waals surface area contributed by atoms with Gasteiger partial charge in [0.2, 0.25) is 5.91 Å². The molecule has 0 spiro atoms. The molecule has 2 aromatic carbocycles. The first-order valence-corrected chi connectivity index (χ1v) is 8.75. The number of nitrogens with one attached hydrogen (secondary N) is 1. The van der Waals surface area contributed by atoms with Crippen LogP contribution in [-0.2, 0) is 4.79 Å². The normalized spacial score (nSPS) is 23.7. The number of hydrogen-bond donors (Lipinski definition) is 2. The van der Waals surface area contributed by atoms with Gasteiger partial charge in [0, 0.05) is 10.7 Å². The Morgan fingerprint density at radius 3 is 2.33 bits per heavy atom. The maximum absolute atomic E-state index is 12.2. The summed E-state index contributed by atoms with van der Waals surface area (Å²) in [5, 5.41) is 14.2. The fourth-order valence-corrected chi connectivity index (χ4v) is 3.55. The van der Waals surface area contributed by atoms with Crippen LogP contribution in [0.25, 0.3) is 0 Å². The van der Waals surface area contributed by atoms with Crippen LogP contribution in [0.5, 0.6) is 0 Å². The molecule has 1 aliphatic rings. The number of benzene rings is 2. The molecule has 2 N–H and O–H groups in total. The predicted octanol–water partition coefficient (Wildman–Crippen LogP) is 4.76. The fourth-order valence-electron chi connectivity index (χ4n) is 3.43. The van der Waals surface area contributed by atoms with E-state index in [1.54, 1.807) is 24.3 Å². The third kappa shape index (κ3) is 4.37. The molecule has 0 saturated heterocycles. The van der Waals surface area contributed by atoms with Gasteiger partial charge in [-0.15, -0.1) is 0 Å². The van der Waals surface area contributed by atoms with E-state index in [9.17, 15) is 9.90 Å². The molecule has 3 rings (SSSR count). The Labute approximate surface area is 147 Å². The molecule has 126 valence electrons. The standard InChI is InChI=1S/C20H22ClNO2/c21-17-6-8-18(9-7-17)22-19(23)14-20(24)12-10-16(11-13-20)15-4-2-1-3-5-15/h1-9,16,24H,10-14H2,(H,22,23). The Kier molecular flexibility index (Phi) is 5.22. The van der Waals surface area contributed by atoms with Crippen LogP contribution in [0.15, 0.2) is 54.6 Å². The average Bonchev–Trinajstić information content (AvgIpc) is 2.58. The Morgan fingerprint density at radius 1 is 1.08 bits per heavy atom. The van der Waals surface area contributed by atoms with Crippen LogP contribution in [0.2, 0.25) is 5.02 Å². The van der Waals surface area contributed by atoms with Gasteiger partial charge >= 0.3 is 0 Å². The molecule has 1 fully saturated rings. The second-order valence-electron chi connectivity index (χ2n) is 6.64. The van der Waals surface area contributed by atoms with Gasteiger partial charge in [0.05, 0.1) is 12.0 Å². The summed E-state index contributed by atoms with van der Waals surface area (Å²) in [5.74, 6) is 0.323. The van der Waals surface area contributed by atoms with Gasteiger partial charge in [-0.2, -0.15) is 0 Å². The van der Waals surface area contributed by atoms with E-state index in [2.05, 4.69) is 29.6 Å². The van der Waals surface area contributed by atoms with E-state index in [4.69, 9.17) is 11.6 Å². The Morgan fingerprint density at radius 2 is 1.71 bits per heavy atom. The predicted molar refractivity (Wildman–Crippen MR) is 97.3 cm³/mol. The minimum Gasteiger partial charge on any atom is -0.389 e. The van der Waals surface area contributed by atoms with Crippen LogP contribution in [0, 0.1) is 0 Å². The van der Waals surface area contributed by atoms with E-state index >= 15 is 0 Å². The molecule has 1 amide bonds. The van der Waals surface area contributed by atoms with Crippen LogP contribution in [0.3, 0.4) is 0 Å². The first-order chi connectivity index (χ1) is 11.5. The number of carbonyl (C=O) groups is 1. The molecule has 0 heterocycles. The first-order valence-electron chi connectivity index (χ1n) is 8.37. The highest BCUT2D eigenvalue weighted by Crippen LogP contribution is 2.39. The second-order valence-corrected chi connectivity index (χ2v) is 7.08. The highest BCUT2D eigenvalue weighted by atomic mass is 35.5. The summed E-state index contributed by atoms with van der Waals surface area (Å²) in [7, 11) is 0. The van der Waals surface area contributed by atoms with Crippen LogP contribution < -0.4 is 5.32 Å². The Bertz CT molecular complexity index is 677. The Hall–Kier alpha value is -1.84. The monoisotopic (exact) mass is 343 g/mol. The van der Waals surface area contributed by atoms with Gasteiger partial charge in [-0.05, 0) is 61.4 Å². The summed E-state index contributed by atoms with van der Waals surface area (Å²) < 4.78 is 0. The summed E-state index contributed by atoms with van der Waals surface area (Å²) in [5.41, 5.74) is 1.12. The molecular formula is C20H22ClNO2. The van der Waals surface area contributed by atoms with Crippen molar-refractivity contribution in [1.82, 2.24) is 0 Å². The van der Waals surface area contributed by atoms with Crippen molar-refractivity contribution in [2.24, 2.45) is 0 Å². The van der Waals surface area contributed by atoms with E-state index in [-0.39, 0.29) is 12.3 Å².